The summed E-state index contributed by atoms with van der Waals surface area (Å²) in [5, 5.41) is 0. The summed E-state index contributed by atoms with van der Waals surface area (Å²) in [6.45, 7) is 0. The second kappa shape index (κ2) is 5.37. The highest BCUT2D eigenvalue weighted by molar-refractivity contribution is 7.94. The van der Waals surface area contributed by atoms with E-state index < -0.39 is 12.1 Å². The molecule has 0 saturated heterocycles. The molecule has 0 aliphatic heterocycles. The standard InChI is InChI=1S/C12H18F4S/c13-12(14,15)11-3-1-8(2-4-11)5-9-6-10(9)7-17-16/h8-11H,1-7H2. The van der Waals surface area contributed by atoms with Gasteiger partial charge in [0.25, 0.3) is 0 Å². The van der Waals surface area contributed by atoms with Crippen molar-refractivity contribution in [2.75, 3.05) is 5.75 Å². The van der Waals surface area contributed by atoms with Crippen LogP contribution in [0.1, 0.15) is 38.5 Å². The van der Waals surface area contributed by atoms with Crippen molar-refractivity contribution in [2.24, 2.45) is 23.7 Å². The molecule has 0 radical (unpaired) electrons. The van der Waals surface area contributed by atoms with Gasteiger partial charge in [-0.2, -0.15) is 17.1 Å². The molecule has 0 aromatic rings. The van der Waals surface area contributed by atoms with Gasteiger partial charge in [-0.1, -0.05) is 0 Å². The molecule has 0 nitrogen and oxygen atoms in total. The molecule has 0 bridgehead atoms. The van der Waals surface area contributed by atoms with Crippen LogP contribution in [-0.4, -0.2) is 11.9 Å². The Kier molecular flexibility index (Phi) is 4.26. The molecule has 17 heavy (non-hydrogen) atoms. The average molecular weight is 270 g/mol. The Morgan fingerprint density at radius 1 is 1.00 bits per heavy atom. The Morgan fingerprint density at radius 2 is 1.65 bits per heavy atom. The fourth-order valence-corrected chi connectivity index (χ4v) is 3.61. The van der Waals surface area contributed by atoms with Crippen molar-refractivity contribution < 1.29 is 17.1 Å². The van der Waals surface area contributed by atoms with Gasteiger partial charge in [-0.15, -0.1) is 0 Å². The monoisotopic (exact) mass is 270 g/mol. The predicted molar refractivity (Wildman–Crippen MR) is 61.3 cm³/mol. The molecule has 0 aromatic heterocycles. The van der Waals surface area contributed by atoms with E-state index in [1.807, 2.05) is 0 Å². The predicted octanol–water partition coefficient (Wildman–Crippen LogP) is 5.00. The van der Waals surface area contributed by atoms with E-state index in [0.717, 1.165) is 12.8 Å². The van der Waals surface area contributed by atoms with Gasteiger partial charge < -0.3 is 0 Å². The lowest BCUT2D eigenvalue weighted by molar-refractivity contribution is -0.184. The van der Waals surface area contributed by atoms with E-state index in [-0.39, 0.29) is 0 Å². The summed E-state index contributed by atoms with van der Waals surface area (Å²) in [4.78, 5) is 0. The summed E-state index contributed by atoms with van der Waals surface area (Å²) in [5.41, 5.74) is 0. The van der Waals surface area contributed by atoms with Crippen molar-refractivity contribution in [2.45, 2.75) is 44.7 Å². The van der Waals surface area contributed by atoms with Crippen LogP contribution in [0.3, 0.4) is 0 Å². The molecule has 2 rings (SSSR count). The number of hydrogen-bond donors (Lipinski definition) is 0. The molecular formula is C12H18F4S. The third-order valence-corrected chi connectivity index (χ3v) is 4.85. The highest BCUT2D eigenvalue weighted by Crippen LogP contribution is 2.49. The molecular weight excluding hydrogens is 252 g/mol. The summed E-state index contributed by atoms with van der Waals surface area (Å²) >= 11 is 0.393. The van der Waals surface area contributed by atoms with Gasteiger partial charge in [0.05, 0.1) is 5.92 Å². The highest BCUT2D eigenvalue weighted by atomic mass is 32.2. The van der Waals surface area contributed by atoms with Crippen LogP contribution >= 0.6 is 12.1 Å². The average Bonchev–Trinajstić information content (AvgIpc) is 2.96. The van der Waals surface area contributed by atoms with Crippen LogP contribution in [0.4, 0.5) is 17.1 Å². The van der Waals surface area contributed by atoms with Crippen LogP contribution in [0.2, 0.25) is 0 Å². The molecule has 0 N–H and O–H groups in total. The topological polar surface area (TPSA) is 0 Å². The second-order valence-corrected chi connectivity index (χ2v) is 6.08. The van der Waals surface area contributed by atoms with Crippen LogP contribution in [0, 0.1) is 23.7 Å². The molecule has 2 atom stereocenters. The Hall–Kier alpha value is 0.0700. The van der Waals surface area contributed by atoms with Gasteiger partial charge in [0, 0.05) is 17.9 Å². The molecule has 0 spiro atoms. The van der Waals surface area contributed by atoms with Gasteiger partial charge >= 0.3 is 6.18 Å². The molecule has 2 saturated carbocycles. The summed E-state index contributed by atoms with van der Waals surface area (Å²) in [6, 6.07) is 0. The lowest BCUT2D eigenvalue weighted by atomic mass is 9.79. The zero-order valence-electron chi connectivity index (χ0n) is 9.68. The number of alkyl halides is 3. The number of hydrogen-bond acceptors (Lipinski definition) is 1. The summed E-state index contributed by atoms with van der Waals surface area (Å²) in [6.07, 6.45) is 0.100. The minimum atomic E-state index is -4.00. The second-order valence-electron chi connectivity index (χ2n) is 5.53. The fraction of sp³-hybridized carbons (Fsp3) is 1.00. The molecule has 2 aliphatic rings. The molecule has 0 amide bonds. The summed E-state index contributed by atoms with van der Waals surface area (Å²) in [5.74, 6) is 1.03. The zero-order chi connectivity index (χ0) is 12.5. The van der Waals surface area contributed by atoms with Gasteiger partial charge in [-0.05, 0) is 56.3 Å². The number of rotatable bonds is 4. The molecule has 0 aromatic carbocycles. The van der Waals surface area contributed by atoms with E-state index in [1.54, 1.807) is 0 Å². The van der Waals surface area contributed by atoms with Gasteiger partial charge in [0.2, 0.25) is 0 Å². The first-order valence-corrected chi connectivity index (χ1v) is 7.19. The minimum Gasteiger partial charge on any atom is -0.171 e. The quantitative estimate of drug-likeness (QED) is 0.648. The minimum absolute atomic E-state index is 0.295. The van der Waals surface area contributed by atoms with Crippen molar-refractivity contribution in [3.8, 4) is 0 Å². The van der Waals surface area contributed by atoms with Crippen LogP contribution in [-0.2, 0) is 0 Å². The van der Waals surface area contributed by atoms with E-state index in [1.165, 1.54) is 0 Å². The first kappa shape index (κ1) is 13.5. The Morgan fingerprint density at radius 3 is 2.18 bits per heavy atom. The van der Waals surface area contributed by atoms with Crippen molar-refractivity contribution >= 4 is 12.1 Å². The van der Waals surface area contributed by atoms with Crippen molar-refractivity contribution in [3.05, 3.63) is 0 Å². The highest BCUT2D eigenvalue weighted by Gasteiger charge is 2.43. The van der Waals surface area contributed by atoms with E-state index in [2.05, 4.69) is 0 Å². The largest absolute Gasteiger partial charge is 0.391 e. The van der Waals surface area contributed by atoms with E-state index in [4.69, 9.17) is 0 Å². The molecule has 100 valence electrons. The molecule has 5 heteroatoms. The van der Waals surface area contributed by atoms with Crippen molar-refractivity contribution in [1.29, 1.82) is 0 Å². The van der Waals surface area contributed by atoms with E-state index in [0.29, 0.717) is 61.3 Å². The van der Waals surface area contributed by atoms with Gasteiger partial charge in [0.15, 0.2) is 0 Å². The first-order valence-electron chi connectivity index (χ1n) is 6.31. The Labute approximate surface area is 104 Å². The maximum Gasteiger partial charge on any atom is 0.391 e. The van der Waals surface area contributed by atoms with Crippen molar-refractivity contribution in [1.82, 2.24) is 0 Å². The van der Waals surface area contributed by atoms with Gasteiger partial charge in [0.1, 0.15) is 0 Å². The van der Waals surface area contributed by atoms with Crippen LogP contribution in [0.5, 0.6) is 0 Å². The SMILES string of the molecule is FSCC1CC1CC1CCC(C(F)(F)F)CC1. The maximum absolute atomic E-state index is 12.5. The Balaban J connectivity index is 1.67. The van der Waals surface area contributed by atoms with E-state index in [9.17, 15) is 17.1 Å². The van der Waals surface area contributed by atoms with E-state index >= 15 is 0 Å². The lowest BCUT2D eigenvalue weighted by Crippen LogP contribution is -2.27. The van der Waals surface area contributed by atoms with Gasteiger partial charge in [-0.25, -0.2) is 0 Å². The van der Waals surface area contributed by atoms with Crippen LogP contribution in [0.25, 0.3) is 0 Å². The Bertz CT molecular complexity index is 245. The van der Waals surface area contributed by atoms with Crippen molar-refractivity contribution in [3.63, 3.8) is 0 Å². The summed E-state index contributed by atoms with van der Waals surface area (Å²) < 4.78 is 49.4. The molecule has 2 unspecified atom stereocenters. The van der Waals surface area contributed by atoms with Crippen LogP contribution < -0.4 is 0 Å². The molecule has 0 heterocycles. The third kappa shape index (κ3) is 3.76. The third-order valence-electron chi connectivity index (χ3n) is 4.29. The smallest absolute Gasteiger partial charge is 0.171 e. The fourth-order valence-electron chi connectivity index (χ4n) is 3.04. The molecule has 2 aliphatic carbocycles. The van der Waals surface area contributed by atoms with Crippen LogP contribution in [0.15, 0.2) is 0 Å². The molecule has 2 fully saturated rings. The first-order chi connectivity index (χ1) is 8.00. The normalized spacial score (nSPS) is 38.1. The van der Waals surface area contributed by atoms with Gasteiger partial charge in [-0.3, -0.25) is 0 Å². The zero-order valence-corrected chi connectivity index (χ0v) is 10.5. The summed E-state index contributed by atoms with van der Waals surface area (Å²) in [7, 11) is 0. The maximum atomic E-state index is 12.5. The number of halogens is 4. The lowest BCUT2D eigenvalue weighted by Gasteiger charge is -2.29.